The number of aromatic carboxylic acids is 1. The average Bonchev–Trinajstić information content (AvgIpc) is 2.60. The van der Waals surface area contributed by atoms with E-state index < -0.39 is 11.7 Å². The van der Waals surface area contributed by atoms with Gasteiger partial charge >= 0.3 is 11.7 Å². The highest BCUT2D eigenvalue weighted by Gasteiger charge is 2.12. The van der Waals surface area contributed by atoms with Crippen LogP contribution in [0.3, 0.4) is 0 Å². The van der Waals surface area contributed by atoms with Crippen molar-refractivity contribution < 1.29 is 14.3 Å². The number of aromatic nitrogens is 1. The van der Waals surface area contributed by atoms with Gasteiger partial charge in [0.25, 0.3) is 0 Å². The maximum atomic E-state index is 11.7. The second-order valence-corrected chi connectivity index (χ2v) is 4.31. The molecule has 0 radical (unpaired) electrons. The summed E-state index contributed by atoms with van der Waals surface area (Å²) >= 11 is 0. The van der Waals surface area contributed by atoms with Gasteiger partial charge in [-0.25, -0.2) is 9.59 Å². The van der Waals surface area contributed by atoms with Crippen LogP contribution in [0.4, 0.5) is 0 Å². The summed E-state index contributed by atoms with van der Waals surface area (Å²) in [6.07, 6.45) is 0. The summed E-state index contributed by atoms with van der Waals surface area (Å²) in [5.41, 5.74) is 1.03. The van der Waals surface area contributed by atoms with Gasteiger partial charge in [-0.15, -0.1) is 0 Å². The first-order valence-electron chi connectivity index (χ1n) is 5.50. The van der Waals surface area contributed by atoms with E-state index in [4.69, 9.17) is 9.52 Å². The van der Waals surface area contributed by atoms with Crippen LogP contribution in [0, 0.1) is 0 Å². The van der Waals surface area contributed by atoms with Gasteiger partial charge < -0.3 is 14.4 Å². The topological polar surface area (TPSA) is 75.7 Å². The summed E-state index contributed by atoms with van der Waals surface area (Å²) < 4.78 is 6.55. The van der Waals surface area contributed by atoms with Crippen LogP contribution in [0.1, 0.15) is 10.4 Å². The van der Waals surface area contributed by atoms with E-state index in [0.717, 1.165) is 0 Å². The number of rotatable bonds is 4. The van der Waals surface area contributed by atoms with Crippen molar-refractivity contribution >= 4 is 17.1 Å². The molecule has 18 heavy (non-hydrogen) atoms. The summed E-state index contributed by atoms with van der Waals surface area (Å²) in [6.45, 7) is 1.21. The predicted molar refractivity (Wildman–Crippen MR) is 66.0 cm³/mol. The lowest BCUT2D eigenvalue weighted by atomic mass is 10.2. The van der Waals surface area contributed by atoms with Crippen molar-refractivity contribution in [2.75, 3.05) is 20.6 Å². The number of carbonyl (C=O) groups is 1. The molecule has 0 aliphatic rings. The van der Waals surface area contributed by atoms with Crippen LogP contribution in [0.25, 0.3) is 11.1 Å². The highest BCUT2D eigenvalue weighted by Crippen LogP contribution is 2.15. The number of fused-ring (bicyclic) bond motifs is 1. The summed E-state index contributed by atoms with van der Waals surface area (Å²) in [5.74, 6) is -1.50. The van der Waals surface area contributed by atoms with Gasteiger partial charge in [-0.1, -0.05) is 0 Å². The van der Waals surface area contributed by atoms with Crippen molar-refractivity contribution in [3.05, 3.63) is 34.3 Å². The first kappa shape index (κ1) is 12.4. The Balaban J connectivity index is 2.45. The van der Waals surface area contributed by atoms with Gasteiger partial charge in [-0.3, -0.25) is 4.57 Å². The normalized spacial score (nSPS) is 11.3. The first-order chi connectivity index (χ1) is 8.49. The lowest BCUT2D eigenvalue weighted by Crippen LogP contribution is -2.23. The van der Waals surface area contributed by atoms with Crippen molar-refractivity contribution in [1.29, 1.82) is 0 Å². The fourth-order valence-electron chi connectivity index (χ4n) is 1.71. The summed E-state index contributed by atoms with van der Waals surface area (Å²) in [7, 11) is 3.83. The Kier molecular flexibility index (Phi) is 3.20. The highest BCUT2D eigenvalue weighted by molar-refractivity contribution is 5.91. The number of hydrogen-bond donors (Lipinski definition) is 1. The molecule has 0 saturated heterocycles. The van der Waals surface area contributed by atoms with Gasteiger partial charge in [0.15, 0.2) is 5.58 Å². The Morgan fingerprint density at radius 3 is 2.78 bits per heavy atom. The SMILES string of the molecule is CN(C)CCn1c(=O)oc2cc(C(=O)O)ccc21. The minimum Gasteiger partial charge on any atom is -0.478 e. The van der Waals surface area contributed by atoms with Crippen molar-refractivity contribution in [1.82, 2.24) is 9.47 Å². The molecule has 0 amide bonds. The van der Waals surface area contributed by atoms with Crippen LogP contribution in [0.15, 0.2) is 27.4 Å². The molecular weight excluding hydrogens is 236 g/mol. The van der Waals surface area contributed by atoms with Crippen LogP contribution >= 0.6 is 0 Å². The molecule has 1 N–H and O–H groups in total. The molecule has 2 aromatic rings. The number of nitrogens with zero attached hydrogens (tertiary/aromatic N) is 2. The molecule has 0 unspecified atom stereocenters. The first-order valence-corrected chi connectivity index (χ1v) is 5.50. The maximum Gasteiger partial charge on any atom is 0.419 e. The van der Waals surface area contributed by atoms with Crippen molar-refractivity contribution in [3.8, 4) is 0 Å². The molecule has 0 fully saturated rings. The van der Waals surface area contributed by atoms with E-state index in [0.29, 0.717) is 24.2 Å². The van der Waals surface area contributed by atoms with Crippen LogP contribution in [-0.2, 0) is 6.54 Å². The van der Waals surface area contributed by atoms with Gasteiger partial charge in [0.05, 0.1) is 11.1 Å². The number of carboxylic acids is 1. The molecule has 0 saturated carbocycles. The molecule has 1 aromatic heterocycles. The Labute approximate surface area is 103 Å². The number of benzene rings is 1. The fourth-order valence-corrected chi connectivity index (χ4v) is 1.71. The molecule has 0 aliphatic carbocycles. The third-order valence-corrected chi connectivity index (χ3v) is 2.69. The Hall–Kier alpha value is -2.08. The number of likely N-dealkylation sites (N-methyl/N-ethyl adjacent to an activating group) is 1. The Morgan fingerprint density at radius 2 is 2.17 bits per heavy atom. The van der Waals surface area contributed by atoms with E-state index in [2.05, 4.69) is 0 Å². The average molecular weight is 250 g/mol. The quantitative estimate of drug-likeness (QED) is 0.870. The zero-order valence-electron chi connectivity index (χ0n) is 10.2. The Morgan fingerprint density at radius 1 is 1.44 bits per heavy atom. The second-order valence-electron chi connectivity index (χ2n) is 4.31. The standard InChI is InChI=1S/C12H14N2O4/c1-13(2)5-6-14-9-4-3-8(11(15)16)7-10(9)18-12(14)17/h3-4,7H,5-6H2,1-2H3,(H,15,16). The molecule has 0 atom stereocenters. The van der Waals surface area contributed by atoms with Crippen molar-refractivity contribution in [2.45, 2.75) is 6.54 Å². The van der Waals surface area contributed by atoms with Crippen LogP contribution in [-0.4, -0.2) is 41.2 Å². The summed E-state index contributed by atoms with van der Waals surface area (Å²) in [5, 5.41) is 8.86. The lowest BCUT2D eigenvalue weighted by molar-refractivity contribution is 0.0697. The number of carboxylic acid groups (broad SMARTS) is 1. The van der Waals surface area contributed by atoms with E-state index in [1.54, 1.807) is 6.07 Å². The lowest BCUT2D eigenvalue weighted by Gasteiger charge is -2.09. The molecule has 0 aliphatic heterocycles. The summed E-state index contributed by atoms with van der Waals surface area (Å²) in [4.78, 5) is 24.4. The monoisotopic (exact) mass is 250 g/mol. The molecule has 1 heterocycles. The molecule has 2 rings (SSSR count). The molecular formula is C12H14N2O4. The van der Waals surface area contributed by atoms with E-state index in [1.165, 1.54) is 16.7 Å². The maximum absolute atomic E-state index is 11.7. The van der Waals surface area contributed by atoms with E-state index >= 15 is 0 Å². The molecule has 0 bridgehead atoms. The summed E-state index contributed by atoms with van der Waals surface area (Å²) in [6, 6.07) is 4.43. The van der Waals surface area contributed by atoms with Crippen molar-refractivity contribution in [3.63, 3.8) is 0 Å². The van der Waals surface area contributed by atoms with Gasteiger partial charge in [0.2, 0.25) is 0 Å². The molecule has 96 valence electrons. The zero-order valence-corrected chi connectivity index (χ0v) is 10.2. The third kappa shape index (κ3) is 2.28. The predicted octanol–water partition coefficient (Wildman–Crippen LogP) is 0.854. The number of hydrogen-bond acceptors (Lipinski definition) is 4. The molecule has 0 spiro atoms. The largest absolute Gasteiger partial charge is 0.478 e. The van der Waals surface area contributed by atoms with Crippen LogP contribution in [0.2, 0.25) is 0 Å². The van der Waals surface area contributed by atoms with E-state index in [-0.39, 0.29) is 5.56 Å². The van der Waals surface area contributed by atoms with Crippen LogP contribution < -0.4 is 5.76 Å². The smallest absolute Gasteiger partial charge is 0.419 e. The highest BCUT2D eigenvalue weighted by atomic mass is 16.4. The second kappa shape index (κ2) is 4.66. The van der Waals surface area contributed by atoms with Gasteiger partial charge in [0, 0.05) is 13.1 Å². The van der Waals surface area contributed by atoms with Gasteiger partial charge in [-0.05, 0) is 32.3 Å². The minimum absolute atomic E-state index is 0.107. The van der Waals surface area contributed by atoms with E-state index in [1.807, 2.05) is 19.0 Å². The minimum atomic E-state index is -1.04. The third-order valence-electron chi connectivity index (χ3n) is 2.69. The Bertz CT molecular complexity index is 639. The van der Waals surface area contributed by atoms with E-state index in [9.17, 15) is 9.59 Å². The van der Waals surface area contributed by atoms with Crippen molar-refractivity contribution in [2.24, 2.45) is 0 Å². The van der Waals surface area contributed by atoms with Gasteiger partial charge in [0.1, 0.15) is 0 Å². The molecule has 6 nitrogen and oxygen atoms in total. The van der Waals surface area contributed by atoms with Gasteiger partial charge in [-0.2, -0.15) is 0 Å². The zero-order chi connectivity index (χ0) is 13.3. The molecule has 1 aromatic carbocycles. The molecule has 6 heteroatoms. The van der Waals surface area contributed by atoms with Crippen LogP contribution in [0.5, 0.6) is 0 Å². The number of oxazole rings is 1. The fraction of sp³-hybridized carbons (Fsp3) is 0.333.